The van der Waals surface area contributed by atoms with Gasteiger partial charge >= 0.3 is 0 Å². The van der Waals surface area contributed by atoms with E-state index in [1.165, 1.54) is 0 Å². The molecule has 0 aliphatic heterocycles. The summed E-state index contributed by atoms with van der Waals surface area (Å²) in [6.45, 7) is 2.33. The molecular formula is C18H21BrN2O3. The van der Waals surface area contributed by atoms with Gasteiger partial charge in [0.2, 0.25) is 5.91 Å². The Morgan fingerprint density at radius 2 is 1.88 bits per heavy atom. The maximum Gasteiger partial charge on any atom is 0.241 e. The molecule has 24 heavy (non-hydrogen) atoms. The number of nitrogens with two attached hydrogens (primary N) is 1. The van der Waals surface area contributed by atoms with Crippen LogP contribution in [0.15, 0.2) is 40.9 Å². The van der Waals surface area contributed by atoms with E-state index in [0.717, 1.165) is 21.2 Å². The Balaban J connectivity index is 2.06. The smallest absolute Gasteiger partial charge is 0.241 e. The van der Waals surface area contributed by atoms with E-state index in [0.29, 0.717) is 18.0 Å². The van der Waals surface area contributed by atoms with Crippen molar-refractivity contribution in [3.63, 3.8) is 0 Å². The Bertz CT molecular complexity index is 717. The van der Waals surface area contributed by atoms with E-state index in [1.807, 2.05) is 43.3 Å². The van der Waals surface area contributed by atoms with Crippen LogP contribution in [-0.2, 0) is 11.3 Å². The van der Waals surface area contributed by atoms with E-state index < -0.39 is 6.04 Å². The van der Waals surface area contributed by atoms with Crippen molar-refractivity contribution in [3.05, 3.63) is 57.6 Å². The Kier molecular flexibility index (Phi) is 6.23. The zero-order chi connectivity index (χ0) is 17.7. The number of carbonyl (C=O) groups is 1. The minimum absolute atomic E-state index is 0.232. The fourth-order valence-electron chi connectivity index (χ4n) is 2.30. The summed E-state index contributed by atoms with van der Waals surface area (Å²) in [6.07, 6.45) is 0. The lowest BCUT2D eigenvalue weighted by Crippen LogP contribution is -2.33. The summed E-state index contributed by atoms with van der Waals surface area (Å²) in [4.78, 5) is 12.3. The lowest BCUT2D eigenvalue weighted by Gasteiger charge is -2.15. The van der Waals surface area contributed by atoms with Gasteiger partial charge < -0.3 is 20.5 Å². The Morgan fingerprint density at radius 3 is 2.46 bits per heavy atom. The number of rotatable bonds is 6. The molecule has 0 heterocycles. The van der Waals surface area contributed by atoms with Crippen LogP contribution >= 0.6 is 15.9 Å². The SMILES string of the molecule is COc1cc(CNC(=O)C(N)c2ccc(C)cc2)cc(Br)c1OC. The molecule has 5 nitrogen and oxygen atoms in total. The summed E-state index contributed by atoms with van der Waals surface area (Å²) in [6, 6.07) is 10.6. The van der Waals surface area contributed by atoms with Crippen LogP contribution in [0, 0.1) is 6.92 Å². The standard InChI is InChI=1S/C18H21BrN2O3/c1-11-4-6-13(7-5-11)16(20)18(22)21-10-12-8-14(19)17(24-3)15(9-12)23-2/h4-9,16H,10,20H2,1-3H3,(H,21,22). The maximum absolute atomic E-state index is 12.3. The summed E-state index contributed by atoms with van der Waals surface area (Å²) >= 11 is 3.44. The molecule has 0 aliphatic carbocycles. The van der Waals surface area contributed by atoms with Crippen LogP contribution in [0.25, 0.3) is 0 Å². The molecule has 1 amide bonds. The van der Waals surface area contributed by atoms with Crippen LogP contribution in [-0.4, -0.2) is 20.1 Å². The number of nitrogens with one attached hydrogen (secondary N) is 1. The van der Waals surface area contributed by atoms with Crippen LogP contribution in [0.2, 0.25) is 0 Å². The van der Waals surface area contributed by atoms with Crippen LogP contribution in [0.5, 0.6) is 11.5 Å². The fourth-order valence-corrected chi connectivity index (χ4v) is 2.95. The highest BCUT2D eigenvalue weighted by molar-refractivity contribution is 9.10. The fraction of sp³-hybridized carbons (Fsp3) is 0.278. The summed E-state index contributed by atoms with van der Waals surface area (Å²) < 4.78 is 11.3. The second-order valence-electron chi connectivity index (χ2n) is 5.42. The molecule has 0 aromatic heterocycles. The molecule has 2 rings (SSSR count). The summed E-state index contributed by atoms with van der Waals surface area (Å²) in [5, 5.41) is 2.85. The zero-order valence-electron chi connectivity index (χ0n) is 13.9. The molecule has 6 heteroatoms. The predicted molar refractivity (Wildman–Crippen MR) is 97.2 cm³/mol. The van der Waals surface area contributed by atoms with Crippen molar-refractivity contribution in [1.29, 1.82) is 0 Å². The number of ether oxygens (including phenoxy) is 2. The molecule has 0 spiro atoms. The van der Waals surface area contributed by atoms with Crippen molar-refractivity contribution in [1.82, 2.24) is 5.32 Å². The van der Waals surface area contributed by atoms with E-state index in [-0.39, 0.29) is 5.91 Å². The van der Waals surface area contributed by atoms with Crippen LogP contribution in [0.4, 0.5) is 0 Å². The first-order chi connectivity index (χ1) is 11.5. The van der Waals surface area contributed by atoms with Gasteiger partial charge in [-0.2, -0.15) is 0 Å². The van der Waals surface area contributed by atoms with Crippen LogP contribution in [0.3, 0.4) is 0 Å². The van der Waals surface area contributed by atoms with Crippen LogP contribution < -0.4 is 20.5 Å². The Morgan fingerprint density at radius 1 is 1.21 bits per heavy atom. The molecule has 0 fully saturated rings. The number of carbonyl (C=O) groups excluding carboxylic acids is 1. The van der Waals surface area contributed by atoms with E-state index in [2.05, 4.69) is 21.2 Å². The first-order valence-electron chi connectivity index (χ1n) is 7.46. The normalized spacial score (nSPS) is 11.7. The van der Waals surface area contributed by atoms with Crippen LogP contribution in [0.1, 0.15) is 22.7 Å². The first kappa shape index (κ1) is 18.3. The van der Waals surface area contributed by atoms with Crippen molar-refractivity contribution in [2.45, 2.75) is 19.5 Å². The third-order valence-electron chi connectivity index (χ3n) is 3.68. The molecule has 128 valence electrons. The van der Waals surface area contributed by atoms with Gasteiger partial charge in [-0.15, -0.1) is 0 Å². The average Bonchev–Trinajstić information content (AvgIpc) is 2.59. The van der Waals surface area contributed by atoms with Crippen molar-refractivity contribution >= 4 is 21.8 Å². The highest BCUT2D eigenvalue weighted by atomic mass is 79.9. The molecule has 1 unspecified atom stereocenters. The third-order valence-corrected chi connectivity index (χ3v) is 4.27. The number of hydrogen-bond acceptors (Lipinski definition) is 4. The maximum atomic E-state index is 12.3. The highest BCUT2D eigenvalue weighted by Crippen LogP contribution is 2.36. The predicted octanol–water partition coefficient (Wildman–Crippen LogP) is 3.09. The van der Waals surface area contributed by atoms with Gasteiger partial charge in [-0.3, -0.25) is 4.79 Å². The van der Waals surface area contributed by atoms with Gasteiger partial charge in [-0.25, -0.2) is 0 Å². The zero-order valence-corrected chi connectivity index (χ0v) is 15.5. The monoisotopic (exact) mass is 392 g/mol. The molecule has 0 radical (unpaired) electrons. The molecule has 0 aliphatic rings. The molecule has 3 N–H and O–H groups in total. The van der Waals surface area contributed by atoms with E-state index in [4.69, 9.17) is 15.2 Å². The third kappa shape index (κ3) is 4.27. The number of aryl methyl sites for hydroxylation is 1. The number of amides is 1. The Hall–Kier alpha value is -2.05. The van der Waals surface area contributed by atoms with Gasteiger partial charge in [0.15, 0.2) is 11.5 Å². The van der Waals surface area contributed by atoms with Gasteiger partial charge in [-0.1, -0.05) is 29.8 Å². The largest absolute Gasteiger partial charge is 0.493 e. The Labute approximate surface area is 150 Å². The van der Waals surface area contributed by atoms with E-state index in [9.17, 15) is 4.79 Å². The average molecular weight is 393 g/mol. The van der Waals surface area contributed by atoms with Crippen molar-refractivity contribution in [2.24, 2.45) is 5.73 Å². The molecule has 0 saturated carbocycles. The van der Waals surface area contributed by atoms with Gasteiger partial charge in [0.1, 0.15) is 6.04 Å². The van der Waals surface area contributed by atoms with Gasteiger partial charge in [0, 0.05) is 6.54 Å². The molecular weight excluding hydrogens is 372 g/mol. The van der Waals surface area contributed by atoms with Crippen molar-refractivity contribution in [2.75, 3.05) is 14.2 Å². The van der Waals surface area contributed by atoms with Crippen molar-refractivity contribution < 1.29 is 14.3 Å². The second-order valence-corrected chi connectivity index (χ2v) is 6.27. The summed E-state index contributed by atoms with van der Waals surface area (Å²) in [5.41, 5.74) is 8.81. The summed E-state index contributed by atoms with van der Waals surface area (Å²) in [5.74, 6) is 0.979. The molecule has 1 atom stereocenters. The van der Waals surface area contributed by atoms with Gasteiger partial charge in [-0.05, 0) is 46.1 Å². The van der Waals surface area contributed by atoms with E-state index >= 15 is 0 Å². The minimum Gasteiger partial charge on any atom is -0.493 e. The van der Waals surface area contributed by atoms with Gasteiger partial charge in [0.05, 0.1) is 18.7 Å². The molecule has 0 saturated heterocycles. The number of halogens is 1. The lowest BCUT2D eigenvalue weighted by atomic mass is 10.1. The minimum atomic E-state index is -0.700. The van der Waals surface area contributed by atoms with Crippen molar-refractivity contribution in [3.8, 4) is 11.5 Å². The number of hydrogen-bond donors (Lipinski definition) is 2. The summed E-state index contributed by atoms with van der Waals surface area (Å²) in [7, 11) is 3.14. The second kappa shape index (κ2) is 8.17. The number of methoxy groups -OCH3 is 2. The lowest BCUT2D eigenvalue weighted by molar-refractivity contribution is -0.122. The van der Waals surface area contributed by atoms with E-state index in [1.54, 1.807) is 14.2 Å². The van der Waals surface area contributed by atoms with Gasteiger partial charge in [0.25, 0.3) is 0 Å². The molecule has 0 bridgehead atoms. The molecule has 2 aromatic rings. The quantitative estimate of drug-likeness (QED) is 0.791. The topological polar surface area (TPSA) is 73.6 Å². The highest BCUT2D eigenvalue weighted by Gasteiger charge is 2.16. The molecule has 2 aromatic carbocycles. The number of benzene rings is 2. The first-order valence-corrected chi connectivity index (χ1v) is 8.25.